The van der Waals surface area contributed by atoms with Gasteiger partial charge in [-0.05, 0) is 43.6 Å². The highest BCUT2D eigenvalue weighted by Crippen LogP contribution is 2.34. The Kier molecular flexibility index (Phi) is 5.17. The molecular weight excluding hydrogens is 252 g/mol. The molecule has 3 heteroatoms. The van der Waals surface area contributed by atoms with Crippen LogP contribution in [-0.4, -0.2) is 18.3 Å². The number of rotatable bonds is 4. The first kappa shape index (κ1) is 14.7. The third kappa shape index (κ3) is 3.26. The van der Waals surface area contributed by atoms with Crippen molar-refractivity contribution in [1.82, 2.24) is 0 Å². The van der Waals surface area contributed by atoms with Crippen molar-refractivity contribution >= 4 is 17.4 Å². The van der Waals surface area contributed by atoms with Gasteiger partial charge in [0.25, 0.3) is 0 Å². The second-order valence-corrected chi connectivity index (χ2v) is 6.87. The summed E-state index contributed by atoms with van der Waals surface area (Å²) in [6.07, 6.45) is 2.58. The van der Waals surface area contributed by atoms with Crippen molar-refractivity contribution in [2.75, 3.05) is 17.2 Å². The molecule has 19 heavy (non-hydrogen) atoms. The predicted molar refractivity (Wildman–Crippen MR) is 85.9 cm³/mol. The summed E-state index contributed by atoms with van der Waals surface area (Å²) >= 11 is 1.90. The molecule has 0 bridgehead atoms. The average molecular weight is 278 g/mol. The van der Waals surface area contributed by atoms with Crippen LogP contribution in [0, 0.1) is 5.92 Å². The lowest BCUT2D eigenvalue weighted by molar-refractivity contribution is 0.377. The summed E-state index contributed by atoms with van der Waals surface area (Å²) in [5, 5.41) is 0. The molecule has 0 radical (unpaired) electrons. The second-order valence-electron chi connectivity index (χ2n) is 5.56. The van der Waals surface area contributed by atoms with Crippen molar-refractivity contribution in [2.24, 2.45) is 11.7 Å². The minimum absolute atomic E-state index is 0.621. The molecule has 0 spiro atoms. The maximum Gasteiger partial charge on any atom is 0.0425 e. The summed E-state index contributed by atoms with van der Waals surface area (Å²) in [5.41, 5.74) is 8.71. The lowest BCUT2D eigenvalue weighted by Crippen LogP contribution is -2.40. The molecule has 1 aromatic rings. The first-order valence-electron chi connectivity index (χ1n) is 7.38. The SMILES string of the molecule is CCSc1cccc(N2CCC(C)CC2C)c1CN. The van der Waals surface area contributed by atoms with Gasteiger partial charge in [0, 0.05) is 35.3 Å². The quantitative estimate of drug-likeness (QED) is 0.847. The monoisotopic (exact) mass is 278 g/mol. The fraction of sp³-hybridized carbons (Fsp3) is 0.625. The van der Waals surface area contributed by atoms with Crippen LogP contribution in [0.1, 0.15) is 39.2 Å². The summed E-state index contributed by atoms with van der Waals surface area (Å²) in [6.45, 7) is 8.70. The molecule has 2 unspecified atom stereocenters. The first-order valence-corrected chi connectivity index (χ1v) is 8.37. The van der Waals surface area contributed by atoms with E-state index in [0.717, 1.165) is 18.2 Å². The van der Waals surface area contributed by atoms with Crippen LogP contribution in [0.3, 0.4) is 0 Å². The number of thioether (sulfide) groups is 1. The van der Waals surface area contributed by atoms with Crippen molar-refractivity contribution < 1.29 is 0 Å². The summed E-state index contributed by atoms with van der Waals surface area (Å²) in [7, 11) is 0. The molecule has 0 amide bonds. The largest absolute Gasteiger partial charge is 0.369 e. The van der Waals surface area contributed by atoms with Gasteiger partial charge in [0.2, 0.25) is 0 Å². The molecule has 106 valence electrons. The van der Waals surface area contributed by atoms with E-state index in [0.29, 0.717) is 12.6 Å². The minimum atomic E-state index is 0.621. The molecule has 1 fully saturated rings. The van der Waals surface area contributed by atoms with Gasteiger partial charge in [0.05, 0.1) is 0 Å². The normalized spacial score (nSPS) is 23.7. The molecule has 2 rings (SSSR count). The Morgan fingerprint density at radius 1 is 1.37 bits per heavy atom. The van der Waals surface area contributed by atoms with Crippen LogP contribution in [0.15, 0.2) is 23.1 Å². The van der Waals surface area contributed by atoms with Crippen LogP contribution in [-0.2, 0) is 6.54 Å². The number of hydrogen-bond acceptors (Lipinski definition) is 3. The molecule has 0 aliphatic carbocycles. The smallest absolute Gasteiger partial charge is 0.0425 e. The van der Waals surface area contributed by atoms with Crippen molar-refractivity contribution in [3.63, 3.8) is 0 Å². The van der Waals surface area contributed by atoms with Gasteiger partial charge in [0.1, 0.15) is 0 Å². The van der Waals surface area contributed by atoms with Gasteiger partial charge < -0.3 is 10.6 Å². The van der Waals surface area contributed by atoms with Crippen LogP contribution in [0.4, 0.5) is 5.69 Å². The molecule has 1 aliphatic rings. The summed E-state index contributed by atoms with van der Waals surface area (Å²) < 4.78 is 0. The van der Waals surface area contributed by atoms with Gasteiger partial charge in [-0.1, -0.05) is 19.9 Å². The van der Waals surface area contributed by atoms with Crippen LogP contribution in [0.25, 0.3) is 0 Å². The van der Waals surface area contributed by atoms with Crippen LogP contribution >= 0.6 is 11.8 Å². The number of nitrogens with two attached hydrogens (primary N) is 1. The predicted octanol–water partition coefficient (Wildman–Crippen LogP) is 3.88. The Labute approximate surface area is 121 Å². The maximum absolute atomic E-state index is 6.02. The molecule has 2 atom stereocenters. The summed E-state index contributed by atoms with van der Waals surface area (Å²) in [6, 6.07) is 7.25. The van der Waals surface area contributed by atoms with E-state index in [1.807, 2.05) is 11.8 Å². The van der Waals surface area contributed by atoms with E-state index in [1.165, 1.54) is 29.0 Å². The Bertz CT molecular complexity index is 419. The standard InChI is InChI=1S/C16H26N2S/c1-4-19-16-7-5-6-15(14(16)11-17)18-9-8-12(2)10-13(18)3/h5-7,12-13H,4,8-11,17H2,1-3H3. The van der Waals surface area contributed by atoms with Gasteiger partial charge in [-0.15, -0.1) is 11.8 Å². The van der Waals surface area contributed by atoms with E-state index in [-0.39, 0.29) is 0 Å². The second kappa shape index (κ2) is 6.67. The molecular formula is C16H26N2S. The zero-order valence-electron chi connectivity index (χ0n) is 12.4. The van der Waals surface area contributed by atoms with E-state index in [9.17, 15) is 0 Å². The zero-order chi connectivity index (χ0) is 13.8. The van der Waals surface area contributed by atoms with Crippen molar-refractivity contribution in [1.29, 1.82) is 0 Å². The highest BCUT2D eigenvalue weighted by molar-refractivity contribution is 7.99. The van der Waals surface area contributed by atoms with E-state index in [2.05, 4.69) is 43.9 Å². The van der Waals surface area contributed by atoms with Crippen LogP contribution in [0.2, 0.25) is 0 Å². The van der Waals surface area contributed by atoms with Gasteiger partial charge in [-0.2, -0.15) is 0 Å². The summed E-state index contributed by atoms with van der Waals surface area (Å²) in [5.74, 6) is 1.95. The fourth-order valence-corrected chi connectivity index (χ4v) is 3.93. The van der Waals surface area contributed by atoms with Crippen molar-refractivity contribution in [3.8, 4) is 0 Å². The molecule has 2 N–H and O–H groups in total. The topological polar surface area (TPSA) is 29.3 Å². The third-order valence-corrected chi connectivity index (χ3v) is 5.04. The summed E-state index contributed by atoms with van der Waals surface area (Å²) in [4.78, 5) is 3.91. The molecule has 1 aromatic carbocycles. The highest BCUT2D eigenvalue weighted by Gasteiger charge is 2.25. The van der Waals surface area contributed by atoms with Gasteiger partial charge in [-0.3, -0.25) is 0 Å². The van der Waals surface area contributed by atoms with Crippen LogP contribution in [0.5, 0.6) is 0 Å². The van der Waals surface area contributed by atoms with E-state index in [4.69, 9.17) is 5.73 Å². The molecule has 0 aromatic heterocycles. The maximum atomic E-state index is 6.02. The number of nitrogens with zero attached hydrogens (tertiary/aromatic N) is 1. The van der Waals surface area contributed by atoms with E-state index < -0.39 is 0 Å². The highest BCUT2D eigenvalue weighted by atomic mass is 32.2. The van der Waals surface area contributed by atoms with Crippen molar-refractivity contribution in [2.45, 2.75) is 51.1 Å². The number of benzene rings is 1. The van der Waals surface area contributed by atoms with E-state index in [1.54, 1.807) is 0 Å². The van der Waals surface area contributed by atoms with Gasteiger partial charge >= 0.3 is 0 Å². The lowest BCUT2D eigenvalue weighted by Gasteiger charge is -2.39. The molecule has 2 nitrogen and oxygen atoms in total. The minimum Gasteiger partial charge on any atom is -0.369 e. The third-order valence-electron chi connectivity index (χ3n) is 4.06. The van der Waals surface area contributed by atoms with Gasteiger partial charge in [0.15, 0.2) is 0 Å². The molecule has 1 aliphatic heterocycles. The number of hydrogen-bond donors (Lipinski definition) is 1. The number of anilines is 1. The van der Waals surface area contributed by atoms with Crippen molar-refractivity contribution in [3.05, 3.63) is 23.8 Å². The number of piperidine rings is 1. The fourth-order valence-electron chi connectivity index (χ4n) is 3.08. The Morgan fingerprint density at radius 2 is 2.16 bits per heavy atom. The van der Waals surface area contributed by atoms with Crippen LogP contribution < -0.4 is 10.6 Å². The molecule has 1 saturated heterocycles. The lowest BCUT2D eigenvalue weighted by atomic mass is 9.92. The molecule has 0 saturated carbocycles. The Morgan fingerprint density at radius 3 is 2.79 bits per heavy atom. The Balaban J connectivity index is 2.30. The Hall–Kier alpha value is -0.670. The average Bonchev–Trinajstić information content (AvgIpc) is 2.39. The first-order chi connectivity index (χ1) is 9.17. The van der Waals surface area contributed by atoms with E-state index >= 15 is 0 Å². The zero-order valence-corrected chi connectivity index (χ0v) is 13.2. The van der Waals surface area contributed by atoms with Gasteiger partial charge in [-0.25, -0.2) is 0 Å². The molecule has 1 heterocycles.